The third kappa shape index (κ3) is 3.26. The fourth-order valence-electron chi connectivity index (χ4n) is 1.73. The minimum absolute atomic E-state index is 0.00983. The van der Waals surface area contributed by atoms with Crippen molar-refractivity contribution in [3.8, 4) is 0 Å². The highest BCUT2D eigenvalue weighted by atomic mass is 16.3. The second kappa shape index (κ2) is 5.77. The van der Waals surface area contributed by atoms with Crippen LogP contribution in [0.15, 0.2) is 24.3 Å². The Morgan fingerprint density at radius 2 is 2.24 bits per heavy atom. The summed E-state index contributed by atoms with van der Waals surface area (Å²) in [4.78, 5) is 7.68. The monoisotopic (exact) mass is 234 g/mol. The van der Waals surface area contributed by atoms with Crippen molar-refractivity contribution in [1.29, 1.82) is 0 Å². The van der Waals surface area contributed by atoms with Gasteiger partial charge in [0.2, 0.25) is 0 Å². The molecule has 0 aliphatic rings. The fraction of sp³-hybridized carbons (Fsp3) is 0.417. The molecule has 2 aromatic rings. The van der Waals surface area contributed by atoms with Crippen LogP contribution in [-0.2, 0) is 6.54 Å². The van der Waals surface area contributed by atoms with Crippen molar-refractivity contribution in [1.82, 2.24) is 15.3 Å². The van der Waals surface area contributed by atoms with Gasteiger partial charge in [-0.2, -0.15) is 0 Å². The van der Waals surface area contributed by atoms with Crippen molar-refractivity contribution < 1.29 is 5.11 Å². The van der Waals surface area contributed by atoms with E-state index < -0.39 is 0 Å². The van der Waals surface area contributed by atoms with E-state index in [1.54, 1.807) is 0 Å². The number of rotatable bonds is 6. The van der Waals surface area contributed by atoms with Crippen molar-refractivity contribution in [3.63, 3.8) is 0 Å². The Hall–Kier alpha value is -1.43. The summed E-state index contributed by atoms with van der Waals surface area (Å²) >= 11 is 0. The summed E-state index contributed by atoms with van der Waals surface area (Å²) in [6.07, 6.45) is 0.618. The topological polar surface area (TPSA) is 87.0 Å². The van der Waals surface area contributed by atoms with Crippen LogP contribution in [0.1, 0.15) is 12.2 Å². The van der Waals surface area contributed by atoms with Gasteiger partial charge in [0.15, 0.2) is 0 Å². The smallest absolute Gasteiger partial charge is 0.121 e. The molecule has 2 rings (SSSR count). The lowest BCUT2D eigenvalue weighted by molar-refractivity contribution is 0.274. The number of nitrogens with zero attached hydrogens (tertiary/aromatic N) is 1. The second-order valence-corrected chi connectivity index (χ2v) is 4.10. The van der Waals surface area contributed by atoms with Crippen LogP contribution in [0, 0.1) is 0 Å². The summed E-state index contributed by atoms with van der Waals surface area (Å²) in [5.41, 5.74) is 7.79. The number of aromatic amines is 1. The first-order valence-electron chi connectivity index (χ1n) is 5.80. The number of nitrogens with one attached hydrogen (secondary N) is 2. The molecule has 1 aromatic heterocycles. The van der Waals surface area contributed by atoms with E-state index in [1.807, 2.05) is 24.3 Å². The number of fused-ring (bicyclic) bond motifs is 1. The lowest BCUT2D eigenvalue weighted by atomic mass is 10.2. The Morgan fingerprint density at radius 3 is 3.00 bits per heavy atom. The Labute approximate surface area is 100 Å². The maximum Gasteiger partial charge on any atom is 0.121 e. The van der Waals surface area contributed by atoms with Crippen molar-refractivity contribution in [3.05, 3.63) is 30.1 Å². The van der Waals surface area contributed by atoms with E-state index in [0.29, 0.717) is 19.5 Å². The molecule has 0 saturated heterocycles. The molecule has 1 heterocycles. The van der Waals surface area contributed by atoms with Crippen LogP contribution in [0.2, 0.25) is 0 Å². The van der Waals surface area contributed by atoms with Crippen LogP contribution in [0.3, 0.4) is 0 Å². The highest BCUT2D eigenvalue weighted by molar-refractivity contribution is 5.74. The molecule has 1 aromatic carbocycles. The Bertz CT molecular complexity index is 435. The Balaban J connectivity index is 1.86. The minimum atomic E-state index is -0.00983. The average molecular weight is 234 g/mol. The zero-order valence-electron chi connectivity index (χ0n) is 9.69. The normalized spacial score (nSPS) is 13.1. The van der Waals surface area contributed by atoms with Gasteiger partial charge in [0.25, 0.3) is 0 Å². The van der Waals surface area contributed by atoms with Gasteiger partial charge in [-0.15, -0.1) is 0 Å². The number of aromatic nitrogens is 2. The molecule has 5 nitrogen and oxygen atoms in total. The van der Waals surface area contributed by atoms with Crippen LogP contribution < -0.4 is 11.1 Å². The first kappa shape index (κ1) is 12.0. The molecule has 0 aliphatic carbocycles. The molecular formula is C12H18N4O. The number of imidazole rings is 1. The summed E-state index contributed by atoms with van der Waals surface area (Å²) in [6.45, 7) is 1.47. The fourth-order valence-corrected chi connectivity index (χ4v) is 1.73. The number of benzene rings is 1. The van der Waals surface area contributed by atoms with Crippen LogP contribution in [0.4, 0.5) is 0 Å². The lowest BCUT2D eigenvalue weighted by Crippen LogP contribution is -2.34. The van der Waals surface area contributed by atoms with Crippen molar-refractivity contribution in [2.24, 2.45) is 5.73 Å². The second-order valence-electron chi connectivity index (χ2n) is 4.10. The number of H-pyrrole nitrogens is 1. The molecule has 5 heteroatoms. The van der Waals surface area contributed by atoms with Gasteiger partial charge < -0.3 is 21.1 Å². The van der Waals surface area contributed by atoms with Gasteiger partial charge >= 0.3 is 0 Å². The molecule has 0 aliphatic heterocycles. The van der Waals surface area contributed by atoms with Gasteiger partial charge in [-0.3, -0.25) is 0 Å². The first-order chi connectivity index (χ1) is 8.29. The van der Waals surface area contributed by atoms with Crippen molar-refractivity contribution in [2.45, 2.75) is 19.0 Å². The van der Waals surface area contributed by atoms with Crippen LogP contribution in [0.25, 0.3) is 11.0 Å². The van der Waals surface area contributed by atoms with Gasteiger partial charge in [-0.1, -0.05) is 12.1 Å². The van der Waals surface area contributed by atoms with Crippen molar-refractivity contribution in [2.75, 3.05) is 13.2 Å². The zero-order valence-corrected chi connectivity index (χ0v) is 9.69. The van der Waals surface area contributed by atoms with E-state index in [-0.39, 0.29) is 12.6 Å². The average Bonchev–Trinajstić information content (AvgIpc) is 2.71. The highest BCUT2D eigenvalue weighted by Crippen LogP contribution is 2.09. The summed E-state index contributed by atoms with van der Waals surface area (Å²) in [7, 11) is 0. The molecule has 0 radical (unpaired) electrons. The lowest BCUT2D eigenvalue weighted by Gasteiger charge is -2.09. The summed E-state index contributed by atoms with van der Waals surface area (Å²) < 4.78 is 0. The molecule has 0 saturated carbocycles. The molecule has 92 valence electrons. The van der Waals surface area contributed by atoms with Crippen LogP contribution in [-0.4, -0.2) is 34.3 Å². The van der Waals surface area contributed by atoms with E-state index in [9.17, 15) is 0 Å². The predicted octanol–water partition coefficient (Wildman–Crippen LogP) is 0.362. The minimum Gasteiger partial charge on any atom is -0.396 e. The Kier molecular flexibility index (Phi) is 4.08. The molecule has 0 bridgehead atoms. The van der Waals surface area contributed by atoms with Gasteiger partial charge in [0.05, 0.1) is 17.6 Å². The number of hydrogen-bond donors (Lipinski definition) is 4. The van der Waals surface area contributed by atoms with E-state index in [4.69, 9.17) is 10.8 Å². The van der Waals surface area contributed by atoms with Crippen LogP contribution >= 0.6 is 0 Å². The molecule has 0 fully saturated rings. The summed E-state index contributed by atoms with van der Waals surface area (Å²) in [6, 6.07) is 7.92. The molecule has 17 heavy (non-hydrogen) atoms. The third-order valence-electron chi connectivity index (χ3n) is 2.64. The standard InChI is InChI=1S/C12H18N4O/c13-9(5-6-17)7-14-8-12-15-10-3-1-2-4-11(10)16-12/h1-4,9,14,17H,5-8,13H2,(H,15,16). The molecule has 1 unspecified atom stereocenters. The highest BCUT2D eigenvalue weighted by Gasteiger charge is 2.03. The molecule has 5 N–H and O–H groups in total. The SMILES string of the molecule is NC(CCO)CNCc1nc2ccccc2[nH]1. The number of aliphatic hydroxyl groups is 1. The largest absolute Gasteiger partial charge is 0.396 e. The summed E-state index contributed by atoms with van der Waals surface area (Å²) in [5, 5.41) is 11.9. The van der Waals surface area contributed by atoms with Gasteiger partial charge in [0.1, 0.15) is 5.82 Å². The number of hydrogen-bond acceptors (Lipinski definition) is 4. The van der Waals surface area contributed by atoms with E-state index in [0.717, 1.165) is 16.9 Å². The maximum atomic E-state index is 8.72. The van der Waals surface area contributed by atoms with Gasteiger partial charge in [-0.05, 0) is 18.6 Å². The van der Waals surface area contributed by atoms with E-state index in [2.05, 4.69) is 15.3 Å². The van der Waals surface area contributed by atoms with Gasteiger partial charge in [-0.25, -0.2) is 4.98 Å². The first-order valence-corrected chi connectivity index (χ1v) is 5.80. The molecular weight excluding hydrogens is 216 g/mol. The number of nitrogens with two attached hydrogens (primary N) is 1. The van der Waals surface area contributed by atoms with Crippen molar-refractivity contribution >= 4 is 11.0 Å². The molecule has 0 amide bonds. The molecule has 1 atom stereocenters. The van der Waals surface area contributed by atoms with E-state index >= 15 is 0 Å². The maximum absolute atomic E-state index is 8.72. The van der Waals surface area contributed by atoms with Crippen LogP contribution in [0.5, 0.6) is 0 Å². The number of aliphatic hydroxyl groups excluding tert-OH is 1. The predicted molar refractivity (Wildman–Crippen MR) is 67.5 cm³/mol. The van der Waals surface area contributed by atoms with Gasteiger partial charge in [0, 0.05) is 19.2 Å². The molecule has 0 spiro atoms. The quantitative estimate of drug-likeness (QED) is 0.581. The van der Waals surface area contributed by atoms with E-state index in [1.165, 1.54) is 0 Å². The third-order valence-corrected chi connectivity index (χ3v) is 2.64. The number of para-hydroxylation sites is 2. The Morgan fingerprint density at radius 1 is 1.41 bits per heavy atom. The zero-order chi connectivity index (χ0) is 12.1. The summed E-state index contributed by atoms with van der Waals surface area (Å²) in [5.74, 6) is 0.905.